The lowest BCUT2D eigenvalue weighted by Crippen LogP contribution is -2.30. The first-order valence-electron chi connectivity index (χ1n) is 9.69. The molecule has 31 heavy (non-hydrogen) atoms. The second kappa shape index (κ2) is 7.94. The summed E-state index contributed by atoms with van der Waals surface area (Å²) in [7, 11) is 0. The van der Waals surface area contributed by atoms with Gasteiger partial charge in [0.25, 0.3) is 5.91 Å². The van der Waals surface area contributed by atoms with Crippen molar-refractivity contribution in [2.45, 2.75) is 26.9 Å². The third kappa shape index (κ3) is 3.97. The van der Waals surface area contributed by atoms with E-state index in [2.05, 4.69) is 20.4 Å². The number of esters is 1. The van der Waals surface area contributed by atoms with Crippen molar-refractivity contribution in [2.75, 3.05) is 5.32 Å². The number of hydrogen-bond acceptors (Lipinski definition) is 5. The molecule has 0 fully saturated rings. The maximum absolute atomic E-state index is 12.8. The Hall–Kier alpha value is -4.14. The zero-order valence-electron chi connectivity index (χ0n) is 17.2. The van der Waals surface area contributed by atoms with E-state index in [1.807, 2.05) is 30.3 Å². The highest BCUT2D eigenvalue weighted by Gasteiger charge is 2.25. The Labute approximate surface area is 177 Å². The van der Waals surface area contributed by atoms with Crippen molar-refractivity contribution in [3.63, 3.8) is 0 Å². The number of amides is 1. The van der Waals surface area contributed by atoms with E-state index in [4.69, 9.17) is 4.74 Å². The molecule has 4 aromatic rings. The van der Waals surface area contributed by atoms with Crippen molar-refractivity contribution in [2.24, 2.45) is 0 Å². The molecule has 4 rings (SSSR count). The topological polar surface area (TPSA) is 122 Å². The summed E-state index contributed by atoms with van der Waals surface area (Å²) in [5, 5.41) is 7.12. The van der Waals surface area contributed by atoms with Crippen LogP contribution in [0.5, 0.6) is 0 Å². The number of hydrogen-bond donors (Lipinski definition) is 3. The van der Waals surface area contributed by atoms with Gasteiger partial charge in [0.15, 0.2) is 6.10 Å². The summed E-state index contributed by atoms with van der Waals surface area (Å²) in [5.41, 5.74) is 3.63. The number of rotatable bonds is 5. The van der Waals surface area contributed by atoms with E-state index >= 15 is 0 Å². The number of anilines is 1. The number of carbonyl (C=O) groups is 2. The van der Waals surface area contributed by atoms with Crippen LogP contribution >= 0.6 is 0 Å². The molecule has 0 spiro atoms. The molecule has 0 saturated heterocycles. The normalized spacial score (nSPS) is 12.0. The van der Waals surface area contributed by atoms with Crippen LogP contribution in [-0.2, 0) is 9.53 Å². The first-order chi connectivity index (χ1) is 14.8. The molecule has 1 amide bonds. The number of carbonyl (C=O) groups excluding carboxylic acids is 2. The monoisotopic (exact) mass is 419 g/mol. The average Bonchev–Trinajstić information content (AvgIpc) is 3.26. The van der Waals surface area contributed by atoms with Crippen molar-refractivity contribution < 1.29 is 14.3 Å². The number of aromatic nitrogens is 4. The Morgan fingerprint density at radius 2 is 1.77 bits per heavy atom. The van der Waals surface area contributed by atoms with E-state index in [0.29, 0.717) is 33.7 Å². The standard InChI is InChI=1S/C22H21N5O4/c1-12-19(13(2)27(26-12)16-7-5-4-6-8-16)21(29)31-14(3)20(28)23-15-9-10-17-18(11-15)25-22(30)24-17/h4-11,14H,1-3H3,(H,23,28)(H2,24,25,30)/t14-/m1/s1. The van der Waals surface area contributed by atoms with Gasteiger partial charge in [-0.05, 0) is 51.1 Å². The molecule has 0 saturated carbocycles. The highest BCUT2D eigenvalue weighted by atomic mass is 16.5. The highest BCUT2D eigenvalue weighted by Crippen LogP contribution is 2.20. The minimum Gasteiger partial charge on any atom is -0.449 e. The summed E-state index contributed by atoms with van der Waals surface area (Å²) < 4.78 is 7.07. The van der Waals surface area contributed by atoms with Crippen molar-refractivity contribution in [3.8, 4) is 5.69 Å². The van der Waals surface area contributed by atoms with Gasteiger partial charge in [-0.1, -0.05) is 18.2 Å². The molecule has 2 aromatic heterocycles. The first kappa shape index (κ1) is 20.1. The summed E-state index contributed by atoms with van der Waals surface area (Å²) in [6.07, 6.45) is -1.03. The maximum Gasteiger partial charge on any atom is 0.342 e. The van der Waals surface area contributed by atoms with Gasteiger partial charge < -0.3 is 20.0 Å². The van der Waals surface area contributed by atoms with Crippen molar-refractivity contribution in [1.29, 1.82) is 0 Å². The second-order valence-corrected chi connectivity index (χ2v) is 7.17. The molecule has 2 aromatic carbocycles. The maximum atomic E-state index is 12.8. The largest absolute Gasteiger partial charge is 0.449 e. The number of nitrogens with zero attached hydrogens (tertiary/aromatic N) is 2. The molecule has 0 aliphatic carbocycles. The molecule has 0 aliphatic rings. The lowest BCUT2D eigenvalue weighted by molar-refractivity contribution is -0.123. The third-order valence-electron chi connectivity index (χ3n) is 4.93. The number of aryl methyl sites for hydroxylation is 1. The predicted molar refractivity (Wildman–Crippen MR) is 115 cm³/mol. The molecule has 0 bridgehead atoms. The van der Waals surface area contributed by atoms with Crippen LogP contribution in [0.3, 0.4) is 0 Å². The Balaban J connectivity index is 1.48. The second-order valence-electron chi connectivity index (χ2n) is 7.17. The van der Waals surface area contributed by atoms with Crippen molar-refractivity contribution in [1.82, 2.24) is 19.7 Å². The molecule has 158 valence electrons. The van der Waals surface area contributed by atoms with Crippen molar-refractivity contribution in [3.05, 3.63) is 76.0 Å². The molecule has 0 radical (unpaired) electrons. The number of fused-ring (bicyclic) bond motifs is 1. The Morgan fingerprint density at radius 3 is 2.52 bits per heavy atom. The minimum atomic E-state index is -1.03. The fourth-order valence-electron chi connectivity index (χ4n) is 3.39. The van der Waals surface area contributed by atoms with Crippen LogP contribution in [0.4, 0.5) is 5.69 Å². The van der Waals surface area contributed by atoms with E-state index < -0.39 is 18.0 Å². The van der Waals surface area contributed by atoms with Crippen LogP contribution in [0, 0.1) is 13.8 Å². The van der Waals surface area contributed by atoms with Crippen LogP contribution in [0.1, 0.15) is 28.7 Å². The fourth-order valence-corrected chi connectivity index (χ4v) is 3.39. The van der Waals surface area contributed by atoms with Crippen LogP contribution in [0.25, 0.3) is 16.7 Å². The van der Waals surface area contributed by atoms with Gasteiger partial charge in [-0.25, -0.2) is 14.3 Å². The molecule has 3 N–H and O–H groups in total. The number of H-pyrrole nitrogens is 2. The summed E-state index contributed by atoms with van der Waals surface area (Å²) in [5.74, 6) is -1.11. The van der Waals surface area contributed by atoms with E-state index in [9.17, 15) is 14.4 Å². The van der Waals surface area contributed by atoms with Crippen LogP contribution in [-0.4, -0.2) is 37.7 Å². The van der Waals surface area contributed by atoms with Gasteiger partial charge >= 0.3 is 11.7 Å². The van der Waals surface area contributed by atoms with E-state index in [1.54, 1.807) is 36.7 Å². The van der Waals surface area contributed by atoms with Gasteiger partial charge in [0.05, 0.1) is 28.1 Å². The Bertz CT molecular complexity index is 1330. The smallest absolute Gasteiger partial charge is 0.342 e. The first-order valence-corrected chi connectivity index (χ1v) is 9.69. The highest BCUT2D eigenvalue weighted by molar-refractivity contribution is 5.99. The zero-order chi connectivity index (χ0) is 22.1. The quantitative estimate of drug-likeness (QED) is 0.430. The molecule has 9 heteroatoms. The van der Waals surface area contributed by atoms with Gasteiger partial charge in [-0.2, -0.15) is 5.10 Å². The zero-order valence-corrected chi connectivity index (χ0v) is 17.2. The van der Waals surface area contributed by atoms with Crippen LogP contribution in [0.15, 0.2) is 53.3 Å². The summed E-state index contributed by atoms with van der Waals surface area (Å²) >= 11 is 0. The summed E-state index contributed by atoms with van der Waals surface area (Å²) in [4.78, 5) is 41.9. The number of benzene rings is 2. The fraction of sp³-hybridized carbons (Fsp3) is 0.182. The van der Waals surface area contributed by atoms with Gasteiger partial charge in [-0.15, -0.1) is 0 Å². The van der Waals surface area contributed by atoms with Crippen LogP contribution < -0.4 is 11.0 Å². The van der Waals surface area contributed by atoms with E-state index in [1.165, 1.54) is 6.92 Å². The lowest BCUT2D eigenvalue weighted by atomic mass is 10.2. The molecule has 9 nitrogen and oxygen atoms in total. The predicted octanol–water partition coefficient (Wildman–Crippen LogP) is 2.84. The Kier molecular flexibility index (Phi) is 5.16. The van der Waals surface area contributed by atoms with Crippen molar-refractivity contribution >= 4 is 28.6 Å². The Morgan fingerprint density at radius 1 is 1.06 bits per heavy atom. The van der Waals surface area contributed by atoms with E-state index in [0.717, 1.165) is 5.69 Å². The van der Waals surface area contributed by atoms with Crippen LogP contribution in [0.2, 0.25) is 0 Å². The van der Waals surface area contributed by atoms with Gasteiger partial charge in [0.1, 0.15) is 5.56 Å². The number of nitrogens with one attached hydrogen (secondary N) is 3. The molecule has 1 atom stereocenters. The molecular weight excluding hydrogens is 398 g/mol. The van der Waals surface area contributed by atoms with Gasteiger partial charge in [0, 0.05) is 5.69 Å². The summed E-state index contributed by atoms with van der Waals surface area (Å²) in [6.45, 7) is 5.00. The molecule has 0 aliphatic heterocycles. The molecule has 2 heterocycles. The molecule has 0 unspecified atom stereocenters. The minimum absolute atomic E-state index is 0.329. The number of para-hydroxylation sites is 1. The number of imidazole rings is 1. The summed E-state index contributed by atoms with van der Waals surface area (Å²) in [6, 6.07) is 14.4. The van der Waals surface area contributed by atoms with Gasteiger partial charge in [-0.3, -0.25) is 4.79 Å². The number of ether oxygens (including phenoxy) is 1. The lowest BCUT2D eigenvalue weighted by Gasteiger charge is -2.14. The average molecular weight is 419 g/mol. The SMILES string of the molecule is Cc1nn(-c2ccccc2)c(C)c1C(=O)O[C@H](C)C(=O)Nc1ccc2[nH]c(=O)[nH]c2c1. The third-order valence-corrected chi connectivity index (χ3v) is 4.93. The van der Waals surface area contributed by atoms with E-state index in [-0.39, 0.29) is 5.69 Å². The molecular formula is C22H21N5O4. The van der Waals surface area contributed by atoms with Gasteiger partial charge in [0.2, 0.25) is 0 Å². The number of aromatic amines is 2.